The van der Waals surface area contributed by atoms with Crippen molar-refractivity contribution in [2.45, 2.75) is 129 Å². The van der Waals surface area contributed by atoms with Gasteiger partial charge in [-0.3, -0.25) is 9.41 Å². The number of nitrogens with zero attached hydrogens (tertiary/aromatic N) is 9. The normalized spacial score (nSPS) is 9.71. The fourth-order valence-corrected chi connectivity index (χ4v) is 5.08. The zero-order chi connectivity index (χ0) is 34.9. The summed E-state index contributed by atoms with van der Waals surface area (Å²) < 4.78 is 5.72. The summed E-state index contributed by atoms with van der Waals surface area (Å²) in [5.41, 5.74) is 13.2. The van der Waals surface area contributed by atoms with Gasteiger partial charge in [0.25, 0.3) is 0 Å². The van der Waals surface area contributed by atoms with Crippen molar-refractivity contribution in [2.75, 3.05) is 0 Å². The monoisotopic (exact) mass is 820 g/mol. The first-order valence-corrected chi connectivity index (χ1v) is 16.7. The Hall–Kier alpha value is -2.53. The van der Waals surface area contributed by atoms with Crippen LogP contribution in [0.5, 0.6) is 0 Å². The van der Waals surface area contributed by atoms with Gasteiger partial charge in [0.2, 0.25) is 0 Å². The van der Waals surface area contributed by atoms with Crippen LogP contribution in [-0.2, 0) is 55.7 Å². The maximum atomic E-state index is 4.52. The molecule has 0 aliphatic heterocycles. The summed E-state index contributed by atoms with van der Waals surface area (Å²) in [7, 11) is 0. The summed E-state index contributed by atoms with van der Waals surface area (Å²) in [4.78, 5) is 13.6. The van der Waals surface area contributed by atoms with Crippen molar-refractivity contribution < 1.29 is 65.1 Å². The van der Waals surface area contributed by atoms with Crippen LogP contribution in [0.15, 0.2) is 36.8 Å². The van der Waals surface area contributed by atoms with Crippen LogP contribution in [-0.4, -0.2) is 43.8 Å². The van der Waals surface area contributed by atoms with Crippen molar-refractivity contribution in [2.24, 2.45) is 0 Å². The van der Waals surface area contributed by atoms with Crippen molar-refractivity contribution in [3.8, 4) is 0 Å². The van der Waals surface area contributed by atoms with E-state index in [1.165, 1.54) is 16.7 Å². The number of hydrogen-bond donors (Lipinski definition) is 0. The summed E-state index contributed by atoms with van der Waals surface area (Å²) in [6.45, 7) is 33.2. The third-order valence-corrected chi connectivity index (χ3v) is 7.28. The van der Waals surface area contributed by atoms with Crippen LogP contribution in [0.1, 0.15) is 138 Å². The molecule has 0 unspecified atom stereocenters. The van der Waals surface area contributed by atoms with Gasteiger partial charge in [-0.15, -0.1) is 0 Å². The maximum Gasteiger partial charge on any atom is 0.158 e. The van der Waals surface area contributed by atoms with Crippen LogP contribution >= 0.6 is 0 Å². The molecule has 14 heteroatoms. The first-order valence-electron chi connectivity index (χ1n) is 16.7. The van der Waals surface area contributed by atoms with Gasteiger partial charge in [-0.25, -0.2) is 28.5 Å². The molecule has 0 saturated carbocycles. The second kappa shape index (κ2) is 25.4. The number of halogens is 2. The first kappa shape index (κ1) is 55.2. The van der Waals surface area contributed by atoms with Crippen molar-refractivity contribution in [3.63, 3.8) is 0 Å². The molecule has 0 fully saturated rings. The minimum Gasteiger partial charge on any atom is -0.269 e. The summed E-state index contributed by atoms with van der Waals surface area (Å²) in [5, 5.41) is 13.0. The minimum atomic E-state index is 0. The molecule has 6 heterocycles. The van der Waals surface area contributed by atoms with E-state index in [2.05, 4.69) is 92.6 Å². The topological polar surface area (TPSA) is 90.6 Å². The molecule has 51 heavy (non-hydrogen) atoms. The van der Waals surface area contributed by atoms with Gasteiger partial charge in [0.05, 0.1) is 18.6 Å². The van der Waals surface area contributed by atoms with Gasteiger partial charge < -0.3 is 0 Å². The fraction of sp³-hybridized carbons (Fsp3) is 0.514. The standard InChI is InChI=1S/3C11H15N3.2C2H6.2FH.3V/c3*1-7(2)10-6-12-14-9(4)5-8(3)13-11(10)14;2*1-2;;;;;/h3*5-7H,1-4H3;2*1-2H3;2*1H;;;. The molecule has 6 rings (SSSR count). The molecule has 0 aliphatic carbocycles. The van der Waals surface area contributed by atoms with Crippen LogP contribution < -0.4 is 0 Å². The van der Waals surface area contributed by atoms with Crippen LogP contribution in [0.25, 0.3) is 16.9 Å². The molecule has 0 spiro atoms. The molecular weight excluding hydrogens is 761 g/mol. The van der Waals surface area contributed by atoms with Gasteiger partial charge in [0, 0.05) is 107 Å². The zero-order valence-corrected chi connectivity index (χ0v) is 37.6. The molecule has 0 saturated heterocycles. The quantitative estimate of drug-likeness (QED) is 0.177. The Morgan fingerprint density at radius 2 is 0.608 bits per heavy atom. The summed E-state index contributed by atoms with van der Waals surface area (Å²) in [5.74, 6) is 1.42. The van der Waals surface area contributed by atoms with Gasteiger partial charge in [-0.2, -0.15) is 15.3 Å². The Balaban J connectivity index is -0.000000295. The van der Waals surface area contributed by atoms with Crippen LogP contribution in [0.2, 0.25) is 0 Å². The molecule has 281 valence electrons. The van der Waals surface area contributed by atoms with Crippen molar-refractivity contribution in [1.29, 1.82) is 0 Å². The Kier molecular flexibility index (Phi) is 27.6. The molecular formula is C37H59F2N9V3. The van der Waals surface area contributed by atoms with E-state index in [9.17, 15) is 0 Å². The van der Waals surface area contributed by atoms with E-state index in [4.69, 9.17) is 0 Å². The van der Waals surface area contributed by atoms with Gasteiger partial charge >= 0.3 is 0 Å². The minimum absolute atomic E-state index is 0. The molecule has 0 aliphatic rings. The molecule has 0 bridgehead atoms. The number of aromatic nitrogens is 9. The van der Waals surface area contributed by atoms with Crippen LogP contribution in [0.4, 0.5) is 9.41 Å². The van der Waals surface area contributed by atoms with Crippen LogP contribution in [0, 0.1) is 41.5 Å². The van der Waals surface area contributed by atoms with Crippen LogP contribution in [0.3, 0.4) is 0 Å². The van der Waals surface area contributed by atoms with E-state index in [0.717, 1.165) is 51.1 Å². The smallest absolute Gasteiger partial charge is 0.158 e. The average molecular weight is 821 g/mol. The summed E-state index contributed by atoms with van der Waals surface area (Å²) in [6.07, 6.45) is 5.75. The average Bonchev–Trinajstić information content (AvgIpc) is 3.73. The number of rotatable bonds is 3. The van der Waals surface area contributed by atoms with Crippen molar-refractivity contribution in [1.82, 2.24) is 43.8 Å². The second-order valence-electron chi connectivity index (χ2n) is 12.1. The number of fused-ring (bicyclic) bond motifs is 3. The molecule has 0 aromatic carbocycles. The molecule has 3 radical (unpaired) electrons. The van der Waals surface area contributed by atoms with E-state index < -0.39 is 0 Å². The van der Waals surface area contributed by atoms with Crippen molar-refractivity contribution >= 4 is 16.9 Å². The predicted molar refractivity (Wildman–Crippen MR) is 197 cm³/mol. The number of aryl methyl sites for hydroxylation is 6. The van der Waals surface area contributed by atoms with Crippen molar-refractivity contribution in [3.05, 3.63) is 87.6 Å². The zero-order valence-electron chi connectivity index (χ0n) is 33.4. The third kappa shape index (κ3) is 13.8. The molecule has 0 atom stereocenters. The summed E-state index contributed by atoms with van der Waals surface area (Å²) >= 11 is 0. The van der Waals surface area contributed by atoms with E-state index in [1.54, 1.807) is 0 Å². The first-order chi connectivity index (χ1) is 21.8. The Bertz CT molecular complexity index is 1650. The molecule has 0 amide bonds. The Morgan fingerprint density at radius 3 is 0.784 bits per heavy atom. The molecule has 0 N–H and O–H groups in total. The molecule has 9 nitrogen and oxygen atoms in total. The van der Waals surface area contributed by atoms with E-state index >= 15 is 0 Å². The van der Waals surface area contributed by atoms with E-state index in [1.807, 2.05) is 98.8 Å². The predicted octanol–water partition coefficient (Wildman–Crippen LogP) is 9.76. The Morgan fingerprint density at radius 1 is 0.412 bits per heavy atom. The molecule has 6 aromatic rings. The van der Waals surface area contributed by atoms with Gasteiger partial charge in [0.15, 0.2) is 16.9 Å². The largest absolute Gasteiger partial charge is 0.269 e. The van der Waals surface area contributed by atoms with Gasteiger partial charge in [-0.1, -0.05) is 69.2 Å². The number of hydrogen-bond acceptors (Lipinski definition) is 6. The van der Waals surface area contributed by atoms with Gasteiger partial charge in [-0.05, 0) is 77.5 Å². The maximum absolute atomic E-state index is 4.52. The molecule has 6 aromatic heterocycles. The van der Waals surface area contributed by atoms with E-state index in [-0.39, 0.29) is 65.1 Å². The summed E-state index contributed by atoms with van der Waals surface area (Å²) in [6, 6.07) is 6.14. The SMILES string of the molecule is CC.CC.Cc1cc(C)n2ncc(C(C)C)c2n1.Cc1cc(C)n2ncc(C(C)C)c2n1.Cc1cc(C)n2ncc(C(C)C)c2n1.F.F.[V].[V].[V]. The van der Waals surface area contributed by atoms with E-state index in [0.29, 0.717) is 17.8 Å². The Labute approximate surface area is 340 Å². The fourth-order valence-electron chi connectivity index (χ4n) is 5.08. The van der Waals surface area contributed by atoms with Gasteiger partial charge in [0.1, 0.15) is 0 Å². The third-order valence-electron chi connectivity index (χ3n) is 7.28. The second-order valence-corrected chi connectivity index (χ2v) is 12.1.